The predicted octanol–water partition coefficient (Wildman–Crippen LogP) is 9.39. The summed E-state index contributed by atoms with van der Waals surface area (Å²) in [5.41, 5.74) is 8.25. The summed E-state index contributed by atoms with van der Waals surface area (Å²) in [6.07, 6.45) is 3.56. The second-order valence-electron chi connectivity index (χ2n) is 10.5. The van der Waals surface area contributed by atoms with Crippen molar-refractivity contribution in [2.45, 2.75) is 79.1 Å². The third kappa shape index (κ3) is 6.08. The fraction of sp³-hybridized carbons (Fsp3) is 0.375. The third-order valence-corrected chi connectivity index (χ3v) is 6.45. The van der Waals surface area contributed by atoms with Gasteiger partial charge >= 0.3 is 0 Å². The summed E-state index contributed by atoms with van der Waals surface area (Å²) in [6.45, 7) is 17.5. The molecule has 184 valence electrons. The summed E-state index contributed by atoms with van der Waals surface area (Å²) in [5.74, 6) is 1.66. The molecule has 35 heavy (non-hydrogen) atoms. The quantitative estimate of drug-likeness (QED) is 0.329. The minimum Gasteiger partial charge on any atom is -0.507 e. The summed E-state index contributed by atoms with van der Waals surface area (Å²) < 4.78 is 0. The first-order valence-corrected chi connectivity index (χ1v) is 12.8. The number of nitrogens with zero attached hydrogens (tertiary/aromatic N) is 2. The van der Waals surface area contributed by atoms with E-state index < -0.39 is 0 Å². The van der Waals surface area contributed by atoms with Crippen LogP contribution in [0.5, 0.6) is 5.75 Å². The molecule has 0 atom stereocenters. The van der Waals surface area contributed by atoms with Crippen LogP contribution in [0.15, 0.2) is 64.6 Å². The predicted molar refractivity (Wildman–Crippen MR) is 152 cm³/mol. The van der Waals surface area contributed by atoms with E-state index in [9.17, 15) is 5.11 Å². The van der Waals surface area contributed by atoms with Crippen LogP contribution in [0.3, 0.4) is 0 Å². The maximum atomic E-state index is 11.1. The number of hydrogen-bond acceptors (Lipinski definition) is 3. The van der Waals surface area contributed by atoms with Gasteiger partial charge in [-0.05, 0) is 58.1 Å². The molecule has 0 heterocycles. The van der Waals surface area contributed by atoms with Crippen molar-refractivity contribution in [1.29, 1.82) is 0 Å². The molecular formula is C32H40N2O. The van der Waals surface area contributed by atoms with Crippen LogP contribution in [0.25, 0.3) is 0 Å². The third-order valence-electron chi connectivity index (χ3n) is 6.45. The average Bonchev–Trinajstić information content (AvgIpc) is 2.81. The van der Waals surface area contributed by atoms with Gasteiger partial charge in [0.15, 0.2) is 0 Å². The average molecular weight is 469 g/mol. The minimum absolute atomic E-state index is 0.196. The van der Waals surface area contributed by atoms with Gasteiger partial charge in [-0.25, -0.2) is 0 Å². The van der Waals surface area contributed by atoms with Crippen molar-refractivity contribution in [3.05, 3.63) is 88.0 Å². The Morgan fingerprint density at radius 1 is 0.514 bits per heavy atom. The van der Waals surface area contributed by atoms with Gasteiger partial charge in [0.2, 0.25) is 0 Å². The van der Waals surface area contributed by atoms with E-state index in [1.165, 1.54) is 22.3 Å². The van der Waals surface area contributed by atoms with Gasteiger partial charge in [0.1, 0.15) is 5.75 Å². The van der Waals surface area contributed by atoms with Crippen LogP contribution in [0.2, 0.25) is 0 Å². The Morgan fingerprint density at radius 2 is 0.800 bits per heavy atom. The van der Waals surface area contributed by atoms with Crippen LogP contribution in [0.4, 0.5) is 11.4 Å². The zero-order valence-corrected chi connectivity index (χ0v) is 22.5. The van der Waals surface area contributed by atoms with Crippen molar-refractivity contribution in [3.63, 3.8) is 0 Å². The van der Waals surface area contributed by atoms with Crippen molar-refractivity contribution >= 4 is 23.8 Å². The molecule has 3 aromatic carbocycles. The molecule has 0 unspecified atom stereocenters. The molecule has 1 N–H and O–H groups in total. The molecule has 0 aliphatic rings. The lowest BCUT2D eigenvalue weighted by molar-refractivity contribution is 0.473. The number of para-hydroxylation sites is 3. The summed E-state index contributed by atoms with van der Waals surface area (Å²) in [5, 5.41) is 11.1. The van der Waals surface area contributed by atoms with Crippen LogP contribution in [-0.4, -0.2) is 17.5 Å². The van der Waals surface area contributed by atoms with Crippen LogP contribution < -0.4 is 0 Å². The summed E-state index contributed by atoms with van der Waals surface area (Å²) in [4.78, 5) is 9.77. The summed E-state index contributed by atoms with van der Waals surface area (Å²) in [6, 6.07) is 18.5. The Morgan fingerprint density at radius 3 is 1.09 bits per heavy atom. The second kappa shape index (κ2) is 11.5. The molecule has 3 rings (SSSR count). The van der Waals surface area contributed by atoms with E-state index in [1.54, 1.807) is 12.4 Å². The smallest absolute Gasteiger partial charge is 0.133 e. The van der Waals surface area contributed by atoms with Crippen LogP contribution in [0.1, 0.15) is 112 Å². The number of phenolic OH excluding ortho intramolecular Hbond substituents is 1. The fourth-order valence-corrected chi connectivity index (χ4v) is 4.38. The standard InChI is InChI=1S/C32H40N2O/c1-20(2)26-14-10-15-27(21(3)4)30(26)33-18-24-12-9-13-25(32(24)35)19-34-31-28(22(5)6)16-11-17-29(31)23(7)8/h9-23,35H,1-8H3. The molecule has 0 aliphatic carbocycles. The minimum atomic E-state index is 0.196. The molecule has 3 heteroatoms. The first-order chi connectivity index (χ1) is 16.6. The fourth-order valence-electron chi connectivity index (χ4n) is 4.38. The van der Waals surface area contributed by atoms with Crippen LogP contribution in [-0.2, 0) is 0 Å². The number of hydrogen-bond donors (Lipinski definition) is 1. The van der Waals surface area contributed by atoms with Gasteiger partial charge in [0, 0.05) is 23.6 Å². The normalized spacial score (nSPS) is 12.3. The van der Waals surface area contributed by atoms with Gasteiger partial charge < -0.3 is 5.11 Å². The number of aromatic hydroxyl groups is 1. The van der Waals surface area contributed by atoms with E-state index in [4.69, 9.17) is 9.98 Å². The molecule has 0 fully saturated rings. The molecule has 0 bridgehead atoms. The first-order valence-electron chi connectivity index (χ1n) is 12.8. The molecule has 3 aromatic rings. The van der Waals surface area contributed by atoms with Gasteiger partial charge in [-0.2, -0.15) is 0 Å². The van der Waals surface area contributed by atoms with Crippen molar-refractivity contribution in [3.8, 4) is 5.75 Å². The zero-order valence-electron chi connectivity index (χ0n) is 22.5. The molecule has 0 radical (unpaired) electrons. The Labute approximate surface area is 211 Å². The van der Waals surface area contributed by atoms with Crippen molar-refractivity contribution in [2.24, 2.45) is 9.98 Å². The lowest BCUT2D eigenvalue weighted by Gasteiger charge is -2.16. The largest absolute Gasteiger partial charge is 0.507 e. The van der Waals surface area contributed by atoms with Crippen molar-refractivity contribution < 1.29 is 5.11 Å². The van der Waals surface area contributed by atoms with E-state index in [1.807, 2.05) is 18.2 Å². The number of phenols is 1. The maximum Gasteiger partial charge on any atom is 0.133 e. The SMILES string of the molecule is CC(C)c1cccc(C(C)C)c1N=Cc1cccc(C=Nc2c(C(C)C)cccc2C(C)C)c1O. The Kier molecular flexibility index (Phi) is 8.67. The molecule has 3 nitrogen and oxygen atoms in total. The van der Waals surface area contributed by atoms with Gasteiger partial charge in [-0.3, -0.25) is 9.98 Å². The highest BCUT2D eigenvalue weighted by Gasteiger charge is 2.15. The number of rotatable bonds is 8. The van der Waals surface area contributed by atoms with E-state index >= 15 is 0 Å². The monoisotopic (exact) mass is 468 g/mol. The maximum absolute atomic E-state index is 11.1. The van der Waals surface area contributed by atoms with Gasteiger partial charge in [0.25, 0.3) is 0 Å². The second-order valence-corrected chi connectivity index (χ2v) is 10.5. The van der Waals surface area contributed by atoms with Crippen molar-refractivity contribution in [2.75, 3.05) is 0 Å². The molecule has 0 spiro atoms. The van der Waals surface area contributed by atoms with E-state index in [0.29, 0.717) is 34.8 Å². The van der Waals surface area contributed by atoms with E-state index in [0.717, 1.165) is 11.4 Å². The highest BCUT2D eigenvalue weighted by molar-refractivity contribution is 5.93. The van der Waals surface area contributed by atoms with Gasteiger partial charge in [-0.15, -0.1) is 0 Å². The Bertz CT molecular complexity index is 1070. The molecule has 0 aliphatic heterocycles. The highest BCUT2D eigenvalue weighted by atomic mass is 16.3. The molecular weight excluding hydrogens is 428 g/mol. The summed E-state index contributed by atoms with van der Waals surface area (Å²) in [7, 11) is 0. The summed E-state index contributed by atoms with van der Waals surface area (Å²) >= 11 is 0. The van der Waals surface area contributed by atoms with Crippen molar-refractivity contribution in [1.82, 2.24) is 0 Å². The highest BCUT2D eigenvalue weighted by Crippen LogP contribution is 2.36. The molecule has 0 saturated carbocycles. The van der Waals surface area contributed by atoms with Crippen LogP contribution in [0, 0.1) is 0 Å². The Hall–Kier alpha value is -3.20. The Balaban J connectivity index is 2.03. The van der Waals surface area contributed by atoms with Gasteiger partial charge in [-0.1, -0.05) is 97.9 Å². The molecule has 0 aromatic heterocycles. The topological polar surface area (TPSA) is 45.0 Å². The first kappa shape index (κ1) is 26.4. The van der Waals surface area contributed by atoms with Gasteiger partial charge in [0.05, 0.1) is 11.4 Å². The zero-order chi connectivity index (χ0) is 25.7. The lowest BCUT2D eigenvalue weighted by atomic mass is 9.93. The molecule has 0 saturated heterocycles. The number of benzene rings is 3. The number of aliphatic imine (C=N–C) groups is 2. The lowest BCUT2D eigenvalue weighted by Crippen LogP contribution is -1.97. The van der Waals surface area contributed by atoms with E-state index in [-0.39, 0.29) is 5.75 Å². The van der Waals surface area contributed by atoms with E-state index in [2.05, 4.69) is 91.8 Å². The molecule has 0 amide bonds. The van der Waals surface area contributed by atoms with Crippen LogP contribution >= 0.6 is 0 Å².